The molecule has 2 fully saturated rings. The molecule has 1 heterocycles. The molecule has 7 nitrogen and oxygen atoms in total. The number of benzene rings is 1. The zero-order chi connectivity index (χ0) is 24.0. The number of carbonyl (C=O) groups excluding carboxylic acids is 1. The van der Waals surface area contributed by atoms with Crippen molar-refractivity contribution in [1.82, 2.24) is 9.62 Å². The van der Waals surface area contributed by atoms with Crippen LogP contribution in [0.4, 0.5) is 9.18 Å². The summed E-state index contributed by atoms with van der Waals surface area (Å²) in [6.45, 7) is 5.15. The van der Waals surface area contributed by atoms with Crippen LogP contribution in [-0.2, 0) is 19.5 Å². The number of carbonyl (C=O) groups is 1. The van der Waals surface area contributed by atoms with Gasteiger partial charge in [0.05, 0.1) is 25.0 Å². The first-order valence-electron chi connectivity index (χ1n) is 11.5. The molecule has 3 atom stereocenters. The van der Waals surface area contributed by atoms with E-state index in [0.717, 1.165) is 31.9 Å². The molecule has 184 valence electrons. The van der Waals surface area contributed by atoms with Crippen LogP contribution < -0.4 is 4.72 Å². The summed E-state index contributed by atoms with van der Waals surface area (Å²) in [6, 6.07) is 9.46. The Morgan fingerprint density at radius 1 is 1.21 bits per heavy atom. The lowest BCUT2D eigenvalue weighted by Gasteiger charge is -2.32. The maximum atomic E-state index is 13.8. The summed E-state index contributed by atoms with van der Waals surface area (Å²) in [7, 11) is -3.46. The first kappa shape index (κ1) is 25.6. The second-order valence-corrected chi connectivity index (χ2v) is 10.9. The third-order valence-corrected chi connectivity index (χ3v) is 7.21. The van der Waals surface area contributed by atoms with Crippen molar-refractivity contribution in [3.8, 4) is 0 Å². The smallest absolute Gasteiger partial charge is 0.410 e. The summed E-state index contributed by atoms with van der Waals surface area (Å²) in [6.07, 6.45) is 3.35. The van der Waals surface area contributed by atoms with E-state index in [2.05, 4.69) is 35.6 Å². The van der Waals surface area contributed by atoms with E-state index in [4.69, 9.17) is 9.47 Å². The van der Waals surface area contributed by atoms with E-state index in [0.29, 0.717) is 18.9 Å². The lowest BCUT2D eigenvalue weighted by molar-refractivity contribution is -0.00797. The molecule has 2 aliphatic rings. The molecule has 33 heavy (non-hydrogen) atoms. The van der Waals surface area contributed by atoms with Crippen LogP contribution in [0, 0.1) is 0 Å². The molecule has 1 N–H and O–H groups in total. The number of alkyl halides is 1. The highest BCUT2D eigenvalue weighted by atomic mass is 32.2. The van der Waals surface area contributed by atoms with Crippen molar-refractivity contribution in [2.75, 3.05) is 26.0 Å². The van der Waals surface area contributed by atoms with Crippen molar-refractivity contribution < 1.29 is 27.1 Å². The topological polar surface area (TPSA) is 84.9 Å². The zero-order valence-electron chi connectivity index (χ0n) is 19.4. The van der Waals surface area contributed by atoms with Crippen molar-refractivity contribution in [2.24, 2.45) is 0 Å². The SMILES string of the molecule is C=C(C)C(F)COC(=O)N1CC[C@H](NS(C)(=O)=O)[C@@H]1COC1CCC(c2ccccc2)CC1. The number of likely N-dealkylation sites (tertiary alicyclic amines) is 1. The van der Waals surface area contributed by atoms with Gasteiger partial charge in [-0.1, -0.05) is 36.9 Å². The molecule has 1 amide bonds. The fourth-order valence-corrected chi connectivity index (χ4v) is 5.42. The number of sulfonamides is 1. The molecule has 1 aromatic rings. The van der Waals surface area contributed by atoms with E-state index in [9.17, 15) is 17.6 Å². The van der Waals surface area contributed by atoms with Gasteiger partial charge in [0, 0.05) is 12.6 Å². The molecule has 0 spiro atoms. The summed E-state index contributed by atoms with van der Waals surface area (Å²) in [4.78, 5) is 14.1. The number of hydrogen-bond donors (Lipinski definition) is 1. The molecular formula is C24H35FN2O5S. The van der Waals surface area contributed by atoms with E-state index in [1.165, 1.54) is 17.4 Å². The quantitative estimate of drug-likeness (QED) is 0.542. The number of rotatable bonds is 9. The molecule has 1 unspecified atom stereocenters. The summed E-state index contributed by atoms with van der Waals surface area (Å²) in [5, 5.41) is 0. The fourth-order valence-electron chi connectivity index (χ4n) is 4.59. The second kappa shape index (κ2) is 11.4. The Morgan fingerprint density at radius 3 is 2.48 bits per heavy atom. The van der Waals surface area contributed by atoms with Gasteiger partial charge in [-0.2, -0.15) is 0 Å². The highest BCUT2D eigenvalue weighted by Crippen LogP contribution is 2.34. The minimum absolute atomic E-state index is 0.0564. The lowest BCUT2D eigenvalue weighted by Crippen LogP contribution is -2.49. The van der Waals surface area contributed by atoms with Crippen LogP contribution in [0.1, 0.15) is 50.5 Å². The lowest BCUT2D eigenvalue weighted by atomic mass is 9.83. The van der Waals surface area contributed by atoms with Crippen LogP contribution >= 0.6 is 0 Å². The third-order valence-electron chi connectivity index (χ3n) is 6.48. The minimum atomic E-state index is -3.46. The molecular weight excluding hydrogens is 447 g/mol. The summed E-state index contributed by atoms with van der Waals surface area (Å²) in [5.74, 6) is 0.519. The van der Waals surface area contributed by atoms with Gasteiger partial charge >= 0.3 is 6.09 Å². The minimum Gasteiger partial charge on any atom is -0.446 e. The largest absolute Gasteiger partial charge is 0.446 e. The predicted molar refractivity (Wildman–Crippen MR) is 125 cm³/mol. The first-order valence-corrected chi connectivity index (χ1v) is 13.4. The van der Waals surface area contributed by atoms with Crippen molar-refractivity contribution >= 4 is 16.1 Å². The number of nitrogens with zero attached hydrogens (tertiary/aromatic N) is 1. The van der Waals surface area contributed by atoms with Gasteiger partial charge < -0.3 is 14.4 Å². The molecule has 0 aromatic heterocycles. The average molecular weight is 483 g/mol. The van der Waals surface area contributed by atoms with Crippen LogP contribution in [0.15, 0.2) is 42.5 Å². The molecule has 1 aliphatic carbocycles. The Bertz CT molecular complexity index is 903. The molecule has 3 rings (SSSR count). The Morgan fingerprint density at radius 2 is 1.88 bits per heavy atom. The summed E-state index contributed by atoms with van der Waals surface area (Å²) < 4.78 is 51.4. The predicted octanol–water partition coefficient (Wildman–Crippen LogP) is 3.77. The van der Waals surface area contributed by atoms with Gasteiger partial charge in [0.15, 0.2) is 6.17 Å². The second-order valence-electron chi connectivity index (χ2n) is 9.15. The van der Waals surface area contributed by atoms with Gasteiger partial charge in [-0.3, -0.25) is 0 Å². The van der Waals surface area contributed by atoms with Crippen molar-refractivity contribution in [3.05, 3.63) is 48.0 Å². The molecule has 0 radical (unpaired) electrons. The van der Waals surface area contributed by atoms with Crippen LogP contribution in [-0.4, -0.2) is 69.8 Å². The van der Waals surface area contributed by atoms with Crippen LogP contribution in [0.25, 0.3) is 0 Å². The molecule has 0 bridgehead atoms. The fraction of sp³-hybridized carbons (Fsp3) is 0.625. The maximum Gasteiger partial charge on any atom is 0.410 e. The third kappa shape index (κ3) is 7.52. The van der Waals surface area contributed by atoms with Gasteiger partial charge in [-0.05, 0) is 56.1 Å². The summed E-state index contributed by atoms with van der Waals surface area (Å²) in [5.41, 5.74) is 1.63. The van der Waals surface area contributed by atoms with Crippen LogP contribution in [0.2, 0.25) is 0 Å². The van der Waals surface area contributed by atoms with E-state index < -0.39 is 41.0 Å². The Balaban J connectivity index is 1.57. The molecule has 9 heteroatoms. The maximum absolute atomic E-state index is 13.8. The van der Waals surface area contributed by atoms with Crippen LogP contribution in [0.3, 0.4) is 0 Å². The van der Waals surface area contributed by atoms with Gasteiger partial charge in [0.1, 0.15) is 6.61 Å². The Kier molecular flexibility index (Phi) is 8.89. The van der Waals surface area contributed by atoms with Crippen LogP contribution in [0.5, 0.6) is 0 Å². The van der Waals surface area contributed by atoms with E-state index in [-0.39, 0.29) is 18.3 Å². The van der Waals surface area contributed by atoms with Gasteiger partial charge in [-0.15, -0.1) is 0 Å². The number of ether oxygens (including phenoxy) is 2. The molecule has 1 saturated carbocycles. The number of hydrogen-bond acceptors (Lipinski definition) is 5. The zero-order valence-corrected chi connectivity index (χ0v) is 20.2. The monoisotopic (exact) mass is 482 g/mol. The molecule has 1 aromatic carbocycles. The number of amides is 1. The first-order chi connectivity index (χ1) is 15.6. The highest BCUT2D eigenvalue weighted by molar-refractivity contribution is 7.88. The normalized spacial score (nSPS) is 26.7. The average Bonchev–Trinajstić information content (AvgIpc) is 3.17. The van der Waals surface area contributed by atoms with Crippen molar-refractivity contribution in [3.63, 3.8) is 0 Å². The van der Waals surface area contributed by atoms with Crippen molar-refractivity contribution in [1.29, 1.82) is 0 Å². The Labute approximate surface area is 196 Å². The highest BCUT2D eigenvalue weighted by Gasteiger charge is 2.40. The summed E-state index contributed by atoms with van der Waals surface area (Å²) >= 11 is 0. The molecule has 1 aliphatic heterocycles. The van der Waals surface area contributed by atoms with Gasteiger partial charge in [-0.25, -0.2) is 22.3 Å². The Hall–Kier alpha value is -1.97. The van der Waals surface area contributed by atoms with E-state index in [1.807, 2.05) is 6.07 Å². The molecule has 1 saturated heterocycles. The van der Waals surface area contributed by atoms with E-state index >= 15 is 0 Å². The van der Waals surface area contributed by atoms with Gasteiger partial charge in [0.2, 0.25) is 10.0 Å². The van der Waals surface area contributed by atoms with Gasteiger partial charge in [0.25, 0.3) is 0 Å². The van der Waals surface area contributed by atoms with E-state index in [1.54, 1.807) is 0 Å². The standard InChI is InChI=1S/C24H35FN2O5S/c1-17(2)21(25)15-32-24(28)27-14-13-22(26-33(3,29)30)23(27)16-31-20-11-9-19(10-12-20)18-7-5-4-6-8-18/h4-8,19-23,26H,1,9-16H2,2-3H3/t19?,20?,21?,22-,23-/m0/s1. The number of halogens is 1. The number of nitrogens with one attached hydrogen (secondary N) is 1. The van der Waals surface area contributed by atoms with Crippen molar-refractivity contribution in [2.45, 2.75) is 69.3 Å².